The fraction of sp³-hybridized carbons (Fsp3) is 0.167. The molecule has 0 spiro atoms. The first-order chi connectivity index (χ1) is 11.4. The Morgan fingerprint density at radius 3 is 2.21 bits per heavy atom. The zero-order valence-corrected chi connectivity index (χ0v) is 14.2. The number of sulfonamides is 1. The van der Waals surface area contributed by atoms with Crippen LogP contribution in [0.1, 0.15) is 34.6 Å². The molecule has 0 radical (unpaired) electrons. The Morgan fingerprint density at radius 1 is 1.04 bits per heavy atom. The van der Waals surface area contributed by atoms with Crippen LogP contribution in [0.25, 0.3) is 5.76 Å². The van der Waals surface area contributed by atoms with Gasteiger partial charge in [-0.15, -0.1) is 0 Å². The number of rotatable bonds is 4. The van der Waals surface area contributed by atoms with Gasteiger partial charge in [0.05, 0.1) is 12.5 Å². The quantitative estimate of drug-likeness (QED) is 0.800. The van der Waals surface area contributed by atoms with E-state index in [-0.39, 0.29) is 5.78 Å². The van der Waals surface area contributed by atoms with Crippen LogP contribution in [-0.4, -0.2) is 24.8 Å². The molecular weight excluding hydrogens is 326 g/mol. The third kappa shape index (κ3) is 3.19. The minimum absolute atomic E-state index is 0.0445. The highest BCUT2D eigenvalue weighted by atomic mass is 32.2. The molecule has 0 aromatic heterocycles. The average molecular weight is 343 g/mol. The molecular formula is C18H17NO4S. The molecule has 0 saturated carbocycles. The van der Waals surface area contributed by atoms with Crippen molar-refractivity contribution in [2.45, 2.75) is 13.2 Å². The number of benzene rings is 2. The van der Waals surface area contributed by atoms with Crippen LogP contribution in [0, 0.1) is 0 Å². The van der Waals surface area contributed by atoms with Crippen LogP contribution in [0.3, 0.4) is 0 Å². The molecule has 0 amide bonds. The minimum Gasteiger partial charge on any atom is -0.463 e. The lowest BCUT2D eigenvalue weighted by molar-refractivity contribution is 0.101. The van der Waals surface area contributed by atoms with Crippen LogP contribution in [0.5, 0.6) is 0 Å². The summed E-state index contributed by atoms with van der Waals surface area (Å²) in [7, 11) is -3.50. The van der Waals surface area contributed by atoms with Gasteiger partial charge in [-0.05, 0) is 6.92 Å². The highest BCUT2D eigenvalue weighted by Gasteiger charge is 2.34. The topological polar surface area (TPSA) is 63.7 Å². The van der Waals surface area contributed by atoms with Crippen LogP contribution in [0.4, 0.5) is 0 Å². The van der Waals surface area contributed by atoms with Crippen LogP contribution in [-0.2, 0) is 14.8 Å². The summed E-state index contributed by atoms with van der Waals surface area (Å²) >= 11 is 0. The van der Waals surface area contributed by atoms with E-state index in [1.165, 1.54) is 17.4 Å². The van der Waals surface area contributed by atoms with Gasteiger partial charge in [-0.25, -0.2) is 12.7 Å². The van der Waals surface area contributed by atoms with E-state index >= 15 is 0 Å². The van der Waals surface area contributed by atoms with Gasteiger partial charge in [-0.2, -0.15) is 0 Å². The first-order valence-corrected chi connectivity index (χ1v) is 9.24. The number of carbonyl (C=O) groups is 1. The standard InChI is InChI=1S/C18H17NO4S/c1-13(20)14-8-10-16(11-9-14)18-19(24(2,21)22)12-17(23-18)15-6-4-3-5-7-15/h3-12,18H,1-2H3/t18-/m1/s1. The van der Waals surface area contributed by atoms with Crippen molar-refractivity contribution in [1.29, 1.82) is 0 Å². The van der Waals surface area contributed by atoms with Gasteiger partial charge in [0.1, 0.15) is 5.76 Å². The third-order valence-electron chi connectivity index (χ3n) is 3.76. The van der Waals surface area contributed by atoms with Gasteiger partial charge in [0, 0.05) is 16.7 Å². The maximum atomic E-state index is 12.1. The highest BCUT2D eigenvalue weighted by Crippen LogP contribution is 2.37. The number of ketones is 1. The summed E-state index contributed by atoms with van der Waals surface area (Å²) in [4.78, 5) is 11.4. The lowest BCUT2D eigenvalue weighted by atomic mass is 10.1. The fourth-order valence-corrected chi connectivity index (χ4v) is 3.30. The molecule has 3 rings (SSSR count). The highest BCUT2D eigenvalue weighted by molar-refractivity contribution is 7.88. The Balaban J connectivity index is 1.97. The predicted molar refractivity (Wildman–Crippen MR) is 91.4 cm³/mol. The zero-order valence-electron chi connectivity index (χ0n) is 13.3. The van der Waals surface area contributed by atoms with Crippen LogP contribution in [0.15, 0.2) is 60.8 Å². The summed E-state index contributed by atoms with van der Waals surface area (Å²) in [6.45, 7) is 1.49. The number of Topliss-reactive ketones (excluding diaryl/α,β-unsaturated/α-hetero) is 1. The number of nitrogens with zero attached hydrogens (tertiary/aromatic N) is 1. The molecule has 6 heteroatoms. The molecule has 24 heavy (non-hydrogen) atoms. The van der Waals surface area contributed by atoms with Crippen molar-refractivity contribution in [3.05, 3.63) is 77.5 Å². The van der Waals surface area contributed by atoms with E-state index in [4.69, 9.17) is 4.74 Å². The van der Waals surface area contributed by atoms with Gasteiger partial charge in [0.25, 0.3) is 0 Å². The Morgan fingerprint density at radius 2 is 1.67 bits per heavy atom. The molecule has 1 heterocycles. The van der Waals surface area contributed by atoms with E-state index in [1.54, 1.807) is 24.3 Å². The van der Waals surface area contributed by atoms with Crippen molar-refractivity contribution in [3.63, 3.8) is 0 Å². The van der Waals surface area contributed by atoms with E-state index in [0.717, 1.165) is 11.8 Å². The van der Waals surface area contributed by atoms with E-state index in [0.29, 0.717) is 16.9 Å². The van der Waals surface area contributed by atoms with E-state index in [9.17, 15) is 13.2 Å². The van der Waals surface area contributed by atoms with Gasteiger partial charge in [0.2, 0.25) is 16.3 Å². The van der Waals surface area contributed by atoms with Crippen molar-refractivity contribution >= 4 is 21.6 Å². The first-order valence-electron chi connectivity index (χ1n) is 7.39. The molecule has 0 bridgehead atoms. The van der Waals surface area contributed by atoms with Crippen molar-refractivity contribution in [3.8, 4) is 0 Å². The maximum absolute atomic E-state index is 12.1. The SMILES string of the molecule is CC(=O)c1ccc([C@H]2OC(c3ccccc3)=CN2S(C)(=O)=O)cc1. The molecule has 5 nitrogen and oxygen atoms in total. The molecule has 2 aromatic carbocycles. The van der Waals surface area contributed by atoms with Gasteiger partial charge >= 0.3 is 0 Å². The third-order valence-corrected chi connectivity index (χ3v) is 4.82. The van der Waals surface area contributed by atoms with Crippen LogP contribution >= 0.6 is 0 Å². The zero-order chi connectivity index (χ0) is 17.3. The average Bonchev–Trinajstić information content (AvgIpc) is 3.01. The molecule has 0 unspecified atom stereocenters. The van der Waals surface area contributed by atoms with Crippen molar-refractivity contribution < 1.29 is 17.9 Å². The summed E-state index contributed by atoms with van der Waals surface area (Å²) in [6.07, 6.45) is 1.85. The van der Waals surface area contributed by atoms with Crippen LogP contribution in [0.2, 0.25) is 0 Å². The van der Waals surface area contributed by atoms with Crippen molar-refractivity contribution in [2.75, 3.05) is 6.26 Å². The van der Waals surface area contributed by atoms with Gasteiger partial charge < -0.3 is 4.74 Å². The second-order valence-electron chi connectivity index (χ2n) is 5.60. The normalized spacial score (nSPS) is 17.3. The summed E-state index contributed by atoms with van der Waals surface area (Å²) in [5.74, 6) is 0.443. The van der Waals surface area contributed by atoms with Gasteiger partial charge in [-0.3, -0.25) is 4.79 Å². The maximum Gasteiger partial charge on any atom is 0.235 e. The molecule has 1 atom stereocenters. The Bertz CT molecular complexity index is 886. The fourth-order valence-electron chi connectivity index (χ4n) is 2.50. The molecule has 1 aliphatic rings. The molecule has 0 saturated heterocycles. The molecule has 0 N–H and O–H groups in total. The molecule has 1 aliphatic heterocycles. The van der Waals surface area contributed by atoms with Crippen molar-refractivity contribution in [2.24, 2.45) is 0 Å². The second-order valence-corrected chi connectivity index (χ2v) is 7.49. The first kappa shape index (κ1) is 16.3. The molecule has 2 aromatic rings. The molecule has 0 fully saturated rings. The Labute approximate surface area is 141 Å². The largest absolute Gasteiger partial charge is 0.463 e. The van der Waals surface area contributed by atoms with Gasteiger partial charge in [-0.1, -0.05) is 54.6 Å². The molecule has 0 aliphatic carbocycles. The lowest BCUT2D eigenvalue weighted by Crippen LogP contribution is -2.26. The Kier molecular flexibility index (Phi) is 4.15. The number of hydrogen-bond donors (Lipinski definition) is 0. The van der Waals surface area contributed by atoms with E-state index < -0.39 is 16.3 Å². The van der Waals surface area contributed by atoms with E-state index in [1.807, 2.05) is 30.3 Å². The summed E-state index contributed by atoms with van der Waals surface area (Å²) in [5, 5.41) is 0. The molecule has 124 valence electrons. The monoisotopic (exact) mass is 343 g/mol. The minimum atomic E-state index is -3.50. The predicted octanol–water partition coefficient (Wildman–Crippen LogP) is 3.18. The number of ether oxygens (including phenoxy) is 1. The summed E-state index contributed by atoms with van der Waals surface area (Å²) < 4.78 is 31.3. The Hall–Kier alpha value is -2.60. The smallest absolute Gasteiger partial charge is 0.235 e. The summed E-state index contributed by atoms with van der Waals surface area (Å²) in [5.41, 5.74) is 2.03. The summed E-state index contributed by atoms with van der Waals surface area (Å²) in [6, 6.07) is 16.1. The lowest BCUT2D eigenvalue weighted by Gasteiger charge is -2.22. The van der Waals surface area contributed by atoms with Gasteiger partial charge in [0.15, 0.2) is 5.78 Å². The number of carbonyl (C=O) groups excluding carboxylic acids is 1. The van der Waals surface area contributed by atoms with Crippen LogP contribution < -0.4 is 0 Å². The van der Waals surface area contributed by atoms with E-state index in [2.05, 4.69) is 0 Å². The second kappa shape index (κ2) is 6.13. The van der Waals surface area contributed by atoms with Crippen molar-refractivity contribution in [1.82, 2.24) is 4.31 Å². The number of hydrogen-bond acceptors (Lipinski definition) is 4.